The first-order valence-electron chi connectivity index (χ1n) is 8.11. The van der Waals surface area contributed by atoms with Gasteiger partial charge in [0.25, 0.3) is 0 Å². The van der Waals surface area contributed by atoms with E-state index in [9.17, 15) is 9.59 Å². The van der Waals surface area contributed by atoms with Gasteiger partial charge in [-0.15, -0.1) is 11.3 Å². The number of fused-ring (bicyclic) bond motifs is 1. The Morgan fingerprint density at radius 2 is 2.36 bits per heavy atom. The van der Waals surface area contributed by atoms with Crippen LogP contribution in [0.15, 0.2) is 11.4 Å². The lowest BCUT2D eigenvalue weighted by Gasteiger charge is -2.36. The van der Waals surface area contributed by atoms with Crippen LogP contribution >= 0.6 is 11.3 Å². The largest absolute Gasteiger partial charge is 0.354 e. The monoisotopic (exact) mass is 321 g/mol. The summed E-state index contributed by atoms with van der Waals surface area (Å²) in [6, 6.07) is 1.76. The van der Waals surface area contributed by atoms with Crippen molar-refractivity contribution in [1.29, 1.82) is 0 Å². The van der Waals surface area contributed by atoms with Crippen LogP contribution in [0.3, 0.4) is 0 Å². The van der Waals surface area contributed by atoms with Crippen molar-refractivity contribution in [3.05, 3.63) is 21.9 Å². The smallest absolute Gasteiger partial charge is 0.318 e. The van der Waals surface area contributed by atoms with Gasteiger partial charge in [0.15, 0.2) is 0 Å². The maximum atomic E-state index is 12.7. The minimum absolute atomic E-state index is 0.0490. The summed E-state index contributed by atoms with van der Waals surface area (Å²) in [7, 11) is 0. The van der Waals surface area contributed by atoms with Crippen molar-refractivity contribution < 1.29 is 9.59 Å². The standard InChI is InChI=1S/C16H23N3O2S/c1-2-13-11-7-10-22-14(11)6-9-19(13)16(21)18-12-5-3-4-8-17-15(12)20/h7,10,12-13H,2-6,8-9H2,1H3,(H,17,20)(H,18,21)/t12-,13+/m1/s1. The molecule has 0 radical (unpaired) electrons. The number of nitrogens with one attached hydrogen (secondary N) is 2. The number of hydrogen-bond acceptors (Lipinski definition) is 3. The maximum Gasteiger partial charge on any atom is 0.318 e. The van der Waals surface area contributed by atoms with Gasteiger partial charge in [-0.25, -0.2) is 4.79 Å². The van der Waals surface area contributed by atoms with Crippen LogP contribution in [-0.4, -0.2) is 36.0 Å². The molecule has 0 spiro atoms. The molecule has 0 unspecified atom stereocenters. The Kier molecular flexibility index (Phi) is 4.66. The highest BCUT2D eigenvalue weighted by molar-refractivity contribution is 7.10. The quantitative estimate of drug-likeness (QED) is 0.879. The average molecular weight is 321 g/mol. The van der Waals surface area contributed by atoms with Crippen LogP contribution in [0.2, 0.25) is 0 Å². The van der Waals surface area contributed by atoms with Gasteiger partial charge in [0.1, 0.15) is 6.04 Å². The number of urea groups is 1. The van der Waals surface area contributed by atoms with Crippen molar-refractivity contribution in [2.75, 3.05) is 13.1 Å². The molecule has 2 N–H and O–H groups in total. The molecule has 0 saturated carbocycles. The van der Waals surface area contributed by atoms with Crippen LogP contribution < -0.4 is 10.6 Å². The minimum atomic E-state index is -0.392. The third-order valence-corrected chi connectivity index (χ3v) is 5.57. The molecule has 6 heteroatoms. The third kappa shape index (κ3) is 2.97. The van der Waals surface area contributed by atoms with E-state index in [4.69, 9.17) is 0 Å². The van der Waals surface area contributed by atoms with E-state index in [0.29, 0.717) is 6.54 Å². The lowest BCUT2D eigenvalue weighted by molar-refractivity contribution is -0.122. The van der Waals surface area contributed by atoms with Crippen molar-refractivity contribution in [3.63, 3.8) is 0 Å². The fraction of sp³-hybridized carbons (Fsp3) is 0.625. The number of carbonyl (C=O) groups is 2. The van der Waals surface area contributed by atoms with Crippen molar-refractivity contribution in [2.24, 2.45) is 0 Å². The second-order valence-corrected chi connectivity index (χ2v) is 6.96. The summed E-state index contributed by atoms with van der Waals surface area (Å²) in [5.41, 5.74) is 1.28. The topological polar surface area (TPSA) is 61.4 Å². The summed E-state index contributed by atoms with van der Waals surface area (Å²) in [5, 5.41) is 7.92. The zero-order valence-corrected chi connectivity index (χ0v) is 13.7. The van der Waals surface area contributed by atoms with Crippen molar-refractivity contribution in [2.45, 2.75) is 51.1 Å². The Bertz CT molecular complexity index is 557. The fourth-order valence-electron chi connectivity index (χ4n) is 3.39. The molecule has 1 aromatic rings. The molecular weight excluding hydrogens is 298 g/mol. The summed E-state index contributed by atoms with van der Waals surface area (Å²) in [6.45, 7) is 3.55. The van der Waals surface area contributed by atoms with Crippen molar-refractivity contribution in [3.8, 4) is 0 Å². The lowest BCUT2D eigenvalue weighted by Crippen LogP contribution is -2.52. The zero-order chi connectivity index (χ0) is 15.5. The molecule has 120 valence electrons. The Morgan fingerprint density at radius 1 is 1.50 bits per heavy atom. The Morgan fingerprint density at radius 3 is 3.18 bits per heavy atom. The molecule has 1 aromatic heterocycles. The van der Waals surface area contributed by atoms with Gasteiger partial charge < -0.3 is 15.5 Å². The number of thiophene rings is 1. The van der Waals surface area contributed by atoms with Crippen molar-refractivity contribution >= 4 is 23.3 Å². The highest BCUT2D eigenvalue weighted by Gasteiger charge is 2.32. The lowest BCUT2D eigenvalue weighted by atomic mass is 9.98. The van der Waals surface area contributed by atoms with Gasteiger partial charge in [-0.05, 0) is 49.1 Å². The first kappa shape index (κ1) is 15.3. The predicted octanol–water partition coefficient (Wildman–Crippen LogP) is 2.44. The number of carbonyl (C=O) groups excluding carboxylic acids is 2. The highest BCUT2D eigenvalue weighted by atomic mass is 32.1. The zero-order valence-electron chi connectivity index (χ0n) is 12.9. The van der Waals surface area contributed by atoms with E-state index in [-0.39, 0.29) is 18.0 Å². The first-order chi connectivity index (χ1) is 10.7. The van der Waals surface area contributed by atoms with Gasteiger partial charge in [-0.2, -0.15) is 0 Å². The van der Waals surface area contributed by atoms with Crippen LogP contribution in [0, 0.1) is 0 Å². The Labute approximate surface area is 135 Å². The van der Waals surface area contributed by atoms with Gasteiger partial charge in [0.2, 0.25) is 5.91 Å². The maximum absolute atomic E-state index is 12.7. The molecule has 5 nitrogen and oxygen atoms in total. The summed E-state index contributed by atoms with van der Waals surface area (Å²) >= 11 is 1.77. The van der Waals surface area contributed by atoms with Gasteiger partial charge >= 0.3 is 6.03 Å². The van der Waals surface area contributed by atoms with E-state index in [0.717, 1.165) is 38.6 Å². The molecule has 0 aliphatic carbocycles. The van der Waals surface area contributed by atoms with Gasteiger partial charge in [-0.1, -0.05) is 6.92 Å². The van der Waals surface area contributed by atoms with E-state index < -0.39 is 6.04 Å². The third-order valence-electron chi connectivity index (χ3n) is 4.58. The molecule has 2 atom stereocenters. The van der Waals surface area contributed by atoms with Gasteiger partial charge in [0.05, 0.1) is 6.04 Å². The molecule has 1 saturated heterocycles. The second-order valence-electron chi connectivity index (χ2n) is 5.96. The van der Waals surface area contributed by atoms with Gasteiger partial charge in [-0.3, -0.25) is 4.79 Å². The van der Waals surface area contributed by atoms with E-state index in [1.54, 1.807) is 11.3 Å². The molecule has 3 rings (SSSR count). The molecule has 1 fully saturated rings. The second kappa shape index (κ2) is 6.69. The number of hydrogen-bond donors (Lipinski definition) is 2. The number of amides is 3. The van der Waals surface area contributed by atoms with Crippen LogP contribution in [0.5, 0.6) is 0 Å². The molecular formula is C16H23N3O2S. The molecule has 0 bridgehead atoms. The fourth-order valence-corrected chi connectivity index (χ4v) is 4.32. The van der Waals surface area contributed by atoms with Crippen molar-refractivity contribution in [1.82, 2.24) is 15.5 Å². The van der Waals surface area contributed by atoms with Crippen LogP contribution in [0.1, 0.15) is 49.1 Å². The van der Waals surface area contributed by atoms with Gasteiger partial charge in [0, 0.05) is 18.0 Å². The highest BCUT2D eigenvalue weighted by Crippen LogP contribution is 2.35. The molecule has 22 heavy (non-hydrogen) atoms. The van der Waals surface area contributed by atoms with E-state index >= 15 is 0 Å². The van der Waals surface area contributed by atoms with Crippen LogP contribution in [-0.2, 0) is 11.2 Å². The molecule has 0 aromatic carbocycles. The Hall–Kier alpha value is -1.56. The summed E-state index contributed by atoms with van der Waals surface area (Å²) in [4.78, 5) is 27.9. The number of nitrogens with zero attached hydrogens (tertiary/aromatic N) is 1. The number of rotatable bonds is 2. The molecule has 2 aliphatic rings. The van der Waals surface area contributed by atoms with E-state index in [1.165, 1.54) is 10.4 Å². The summed E-state index contributed by atoms with van der Waals surface area (Å²) in [5.74, 6) is -0.0490. The first-order valence-corrected chi connectivity index (χ1v) is 8.99. The SMILES string of the molecule is CC[C@H]1c2ccsc2CCN1C(=O)N[C@@H]1CCCCNC1=O. The molecule has 3 amide bonds. The molecule has 2 aliphatic heterocycles. The predicted molar refractivity (Wildman–Crippen MR) is 86.9 cm³/mol. The summed E-state index contributed by atoms with van der Waals surface area (Å²) < 4.78 is 0. The normalized spacial score (nSPS) is 25.1. The van der Waals surface area contributed by atoms with E-state index in [1.807, 2.05) is 4.90 Å². The van der Waals surface area contributed by atoms with Crippen LogP contribution in [0.25, 0.3) is 0 Å². The Balaban J connectivity index is 1.70. The van der Waals surface area contributed by atoms with Crippen LogP contribution in [0.4, 0.5) is 4.79 Å². The minimum Gasteiger partial charge on any atom is -0.354 e. The summed E-state index contributed by atoms with van der Waals surface area (Å²) in [6.07, 6.45) is 4.49. The van der Waals surface area contributed by atoms with E-state index in [2.05, 4.69) is 29.0 Å². The molecule has 3 heterocycles. The average Bonchev–Trinajstić information content (AvgIpc) is 2.91.